The number of nitrogens with zero attached hydrogens (tertiary/aromatic N) is 1. The summed E-state index contributed by atoms with van der Waals surface area (Å²) < 4.78 is 5.08. The van der Waals surface area contributed by atoms with Gasteiger partial charge in [0.2, 0.25) is 0 Å². The number of benzene rings is 1. The van der Waals surface area contributed by atoms with Crippen LogP contribution in [0.15, 0.2) is 18.2 Å². The van der Waals surface area contributed by atoms with Gasteiger partial charge in [-0.25, -0.2) is 4.79 Å². The highest BCUT2D eigenvalue weighted by molar-refractivity contribution is 5.99. The van der Waals surface area contributed by atoms with Crippen LogP contribution in [0.25, 0.3) is 0 Å². The summed E-state index contributed by atoms with van der Waals surface area (Å²) in [6.45, 7) is 8.01. The van der Waals surface area contributed by atoms with E-state index < -0.39 is 0 Å². The second-order valence-electron chi connectivity index (χ2n) is 4.04. The van der Waals surface area contributed by atoms with E-state index in [1.165, 1.54) is 0 Å². The maximum atomic E-state index is 11.9. The summed E-state index contributed by atoms with van der Waals surface area (Å²) in [6.07, 6.45) is 1.00. The van der Waals surface area contributed by atoms with E-state index in [0.717, 1.165) is 25.2 Å². The van der Waals surface area contributed by atoms with E-state index in [1.54, 1.807) is 19.1 Å². The Labute approximate surface area is 109 Å². The molecule has 1 aromatic carbocycles. The van der Waals surface area contributed by atoms with Crippen molar-refractivity contribution in [2.24, 2.45) is 0 Å². The van der Waals surface area contributed by atoms with Crippen LogP contribution in [0.4, 0.5) is 11.4 Å². The Balaban J connectivity index is 3.18. The van der Waals surface area contributed by atoms with Crippen molar-refractivity contribution in [3.05, 3.63) is 23.8 Å². The summed E-state index contributed by atoms with van der Waals surface area (Å²) in [5.74, 6) is -0.311. The number of esters is 1. The van der Waals surface area contributed by atoms with Crippen molar-refractivity contribution in [1.29, 1.82) is 0 Å². The lowest BCUT2D eigenvalue weighted by atomic mass is 10.1. The number of hydrogen-bond donors (Lipinski definition) is 1. The summed E-state index contributed by atoms with van der Waals surface area (Å²) in [5, 5.41) is 0. The lowest BCUT2D eigenvalue weighted by Crippen LogP contribution is -2.27. The summed E-state index contributed by atoms with van der Waals surface area (Å²) in [6, 6.07) is 5.36. The minimum Gasteiger partial charge on any atom is -0.462 e. The van der Waals surface area contributed by atoms with Gasteiger partial charge in [-0.2, -0.15) is 0 Å². The molecular formula is C14H22N2O2. The third-order valence-electron chi connectivity index (χ3n) is 2.75. The van der Waals surface area contributed by atoms with Crippen molar-refractivity contribution in [3.63, 3.8) is 0 Å². The maximum Gasteiger partial charge on any atom is 0.340 e. The van der Waals surface area contributed by atoms with Crippen molar-refractivity contribution in [2.45, 2.75) is 27.2 Å². The molecule has 4 heteroatoms. The summed E-state index contributed by atoms with van der Waals surface area (Å²) in [4.78, 5) is 14.1. The van der Waals surface area contributed by atoms with E-state index in [-0.39, 0.29) is 5.97 Å². The number of rotatable bonds is 6. The molecule has 2 N–H and O–H groups in total. The Morgan fingerprint density at radius 1 is 1.33 bits per heavy atom. The standard InChI is InChI=1S/C14H22N2O2/c1-4-10-16(5-2)13-11(14(17)18-6-3)8-7-9-12(13)15/h7-9H,4-6,10,15H2,1-3H3. The Bertz CT molecular complexity index is 405. The van der Waals surface area contributed by atoms with E-state index in [0.29, 0.717) is 17.9 Å². The Hall–Kier alpha value is -1.71. The van der Waals surface area contributed by atoms with Gasteiger partial charge in [0.25, 0.3) is 0 Å². The highest BCUT2D eigenvalue weighted by Gasteiger charge is 2.18. The number of carbonyl (C=O) groups is 1. The molecule has 0 unspecified atom stereocenters. The van der Waals surface area contributed by atoms with Gasteiger partial charge in [-0.3, -0.25) is 0 Å². The molecule has 0 heterocycles. The fourth-order valence-electron chi connectivity index (χ4n) is 1.99. The predicted octanol–water partition coefficient (Wildman–Crippen LogP) is 2.68. The van der Waals surface area contributed by atoms with E-state index in [4.69, 9.17) is 10.5 Å². The minimum atomic E-state index is -0.311. The van der Waals surface area contributed by atoms with Crippen LogP contribution < -0.4 is 10.6 Å². The van der Waals surface area contributed by atoms with Crippen LogP contribution in [0, 0.1) is 0 Å². The fraction of sp³-hybridized carbons (Fsp3) is 0.500. The molecule has 4 nitrogen and oxygen atoms in total. The van der Waals surface area contributed by atoms with Gasteiger partial charge in [-0.05, 0) is 32.4 Å². The van der Waals surface area contributed by atoms with Crippen LogP contribution >= 0.6 is 0 Å². The van der Waals surface area contributed by atoms with Gasteiger partial charge >= 0.3 is 5.97 Å². The van der Waals surface area contributed by atoms with E-state index in [1.807, 2.05) is 6.07 Å². The van der Waals surface area contributed by atoms with Gasteiger partial charge in [-0.15, -0.1) is 0 Å². The molecule has 1 rings (SSSR count). The van der Waals surface area contributed by atoms with Gasteiger partial charge in [0.15, 0.2) is 0 Å². The zero-order valence-corrected chi connectivity index (χ0v) is 11.4. The van der Waals surface area contributed by atoms with Crippen LogP contribution in [0.3, 0.4) is 0 Å². The molecule has 0 fully saturated rings. The number of hydrogen-bond acceptors (Lipinski definition) is 4. The SMILES string of the molecule is CCCN(CC)c1c(N)cccc1C(=O)OCC. The Morgan fingerprint density at radius 2 is 2.06 bits per heavy atom. The van der Waals surface area contributed by atoms with Crippen molar-refractivity contribution in [2.75, 3.05) is 30.3 Å². The molecule has 0 saturated carbocycles. The second-order valence-corrected chi connectivity index (χ2v) is 4.04. The van der Waals surface area contributed by atoms with Gasteiger partial charge in [0.05, 0.1) is 23.5 Å². The summed E-state index contributed by atoms with van der Waals surface area (Å²) in [7, 11) is 0. The quantitative estimate of drug-likeness (QED) is 0.623. The zero-order valence-electron chi connectivity index (χ0n) is 11.4. The van der Waals surface area contributed by atoms with Crippen molar-refractivity contribution >= 4 is 17.3 Å². The molecule has 0 aromatic heterocycles. The number of ether oxygens (including phenoxy) is 1. The summed E-state index contributed by atoms with van der Waals surface area (Å²) >= 11 is 0. The van der Waals surface area contributed by atoms with E-state index in [2.05, 4.69) is 18.7 Å². The van der Waals surface area contributed by atoms with Crippen LogP contribution in [0.1, 0.15) is 37.6 Å². The number of carbonyl (C=O) groups excluding carboxylic acids is 1. The molecular weight excluding hydrogens is 228 g/mol. The molecule has 100 valence electrons. The van der Waals surface area contributed by atoms with Gasteiger partial charge in [-0.1, -0.05) is 13.0 Å². The number of anilines is 2. The van der Waals surface area contributed by atoms with Crippen LogP contribution in [-0.2, 0) is 4.74 Å². The van der Waals surface area contributed by atoms with E-state index in [9.17, 15) is 4.79 Å². The smallest absolute Gasteiger partial charge is 0.340 e. The Kier molecular flexibility index (Phi) is 5.49. The molecule has 0 atom stereocenters. The molecule has 1 aromatic rings. The first-order chi connectivity index (χ1) is 8.65. The van der Waals surface area contributed by atoms with Crippen molar-refractivity contribution in [1.82, 2.24) is 0 Å². The highest BCUT2D eigenvalue weighted by atomic mass is 16.5. The first-order valence-electron chi connectivity index (χ1n) is 6.46. The molecule has 18 heavy (non-hydrogen) atoms. The van der Waals surface area contributed by atoms with E-state index >= 15 is 0 Å². The van der Waals surface area contributed by atoms with Crippen LogP contribution in [-0.4, -0.2) is 25.7 Å². The molecule has 0 saturated heterocycles. The molecule has 0 aliphatic carbocycles. The maximum absolute atomic E-state index is 11.9. The van der Waals surface area contributed by atoms with Crippen molar-refractivity contribution < 1.29 is 9.53 Å². The number of nitrogens with two attached hydrogens (primary N) is 1. The molecule has 0 radical (unpaired) electrons. The molecule has 0 amide bonds. The Morgan fingerprint density at radius 3 is 2.61 bits per heavy atom. The van der Waals surface area contributed by atoms with Gasteiger partial charge < -0.3 is 15.4 Å². The first kappa shape index (κ1) is 14.4. The topological polar surface area (TPSA) is 55.6 Å². The van der Waals surface area contributed by atoms with Crippen molar-refractivity contribution in [3.8, 4) is 0 Å². The van der Waals surface area contributed by atoms with Gasteiger partial charge in [0, 0.05) is 13.1 Å². The molecule has 0 aliphatic heterocycles. The first-order valence-corrected chi connectivity index (χ1v) is 6.46. The van der Waals surface area contributed by atoms with Crippen LogP contribution in [0.5, 0.6) is 0 Å². The third-order valence-corrected chi connectivity index (χ3v) is 2.75. The predicted molar refractivity (Wildman–Crippen MR) is 75.0 cm³/mol. The normalized spacial score (nSPS) is 10.2. The average molecular weight is 250 g/mol. The third kappa shape index (κ3) is 3.15. The van der Waals surface area contributed by atoms with Crippen LogP contribution in [0.2, 0.25) is 0 Å². The second kappa shape index (κ2) is 6.89. The minimum absolute atomic E-state index is 0.311. The van der Waals surface area contributed by atoms with Gasteiger partial charge in [0.1, 0.15) is 0 Å². The molecule has 0 aliphatic rings. The number of nitrogen functional groups attached to an aromatic ring is 1. The average Bonchev–Trinajstić information content (AvgIpc) is 2.36. The zero-order chi connectivity index (χ0) is 13.5. The lowest BCUT2D eigenvalue weighted by Gasteiger charge is -2.26. The summed E-state index contributed by atoms with van der Waals surface area (Å²) in [5.41, 5.74) is 7.97. The largest absolute Gasteiger partial charge is 0.462 e. The highest BCUT2D eigenvalue weighted by Crippen LogP contribution is 2.28. The lowest BCUT2D eigenvalue weighted by molar-refractivity contribution is 0.0527. The molecule has 0 bridgehead atoms. The number of para-hydroxylation sites is 1. The molecule has 0 spiro atoms. The monoisotopic (exact) mass is 250 g/mol. The fourth-order valence-corrected chi connectivity index (χ4v) is 1.99.